The molecule has 1 N–H and O–H groups in total. The van der Waals surface area contributed by atoms with Gasteiger partial charge in [-0.1, -0.05) is 65.6 Å². The first-order valence-corrected chi connectivity index (χ1v) is 15.7. The summed E-state index contributed by atoms with van der Waals surface area (Å²) in [6.45, 7) is 15.7. The predicted molar refractivity (Wildman–Crippen MR) is 168 cm³/mol. The normalized spacial score (nSPS) is 19.4. The van der Waals surface area contributed by atoms with Crippen LogP contribution in [0.5, 0.6) is 5.88 Å². The van der Waals surface area contributed by atoms with Crippen LogP contribution < -0.4 is 10.1 Å². The van der Waals surface area contributed by atoms with E-state index in [1.807, 2.05) is 40.7 Å². The molecule has 0 amide bonds. The second kappa shape index (κ2) is 18.4. The summed E-state index contributed by atoms with van der Waals surface area (Å²) < 4.78 is 12.0. The molecule has 0 spiro atoms. The Morgan fingerprint density at radius 2 is 1.95 bits per heavy atom. The van der Waals surface area contributed by atoms with Crippen LogP contribution in [0.2, 0.25) is 0 Å². The summed E-state index contributed by atoms with van der Waals surface area (Å²) in [5.41, 5.74) is 1.51. The van der Waals surface area contributed by atoms with Gasteiger partial charge in [-0.05, 0) is 59.0 Å². The molecule has 9 heteroatoms. The lowest BCUT2D eigenvalue weighted by Crippen LogP contribution is -2.30. The number of nitrogens with zero attached hydrogens (tertiary/aromatic N) is 5. The molecule has 2 fully saturated rings. The van der Waals surface area contributed by atoms with Gasteiger partial charge in [0.15, 0.2) is 17.3 Å². The number of hydrogen-bond acceptors (Lipinski definition) is 8. The maximum atomic E-state index is 12.7. The molecule has 2 aliphatic rings. The molecule has 2 atom stereocenters. The molecule has 228 valence electrons. The van der Waals surface area contributed by atoms with E-state index in [0.717, 1.165) is 57.1 Å². The van der Waals surface area contributed by atoms with Crippen molar-refractivity contribution in [3.63, 3.8) is 0 Å². The van der Waals surface area contributed by atoms with Gasteiger partial charge in [-0.2, -0.15) is 4.98 Å². The average molecular weight is 569 g/mol. The molecule has 3 heterocycles. The summed E-state index contributed by atoms with van der Waals surface area (Å²) in [4.78, 5) is 29.0. The Bertz CT molecular complexity index is 1130. The van der Waals surface area contributed by atoms with Crippen molar-refractivity contribution in [1.29, 1.82) is 0 Å². The first kappa shape index (κ1) is 34.1. The van der Waals surface area contributed by atoms with Crippen LogP contribution >= 0.6 is 0 Å². The molecular weight excluding hydrogens is 516 g/mol. The number of likely N-dealkylation sites (N-methyl/N-ethyl adjacent to an activating group) is 1. The van der Waals surface area contributed by atoms with E-state index in [1.54, 1.807) is 12.3 Å². The number of carbonyl (C=O) groups excluding carboxylic acids is 1. The highest BCUT2D eigenvalue weighted by molar-refractivity contribution is 5.93. The summed E-state index contributed by atoms with van der Waals surface area (Å²) >= 11 is 0. The van der Waals surface area contributed by atoms with Gasteiger partial charge in [0.05, 0.1) is 5.92 Å². The number of aromatic nitrogens is 3. The smallest absolute Gasteiger partial charge is 0.219 e. The van der Waals surface area contributed by atoms with Crippen molar-refractivity contribution in [2.45, 2.75) is 118 Å². The molecule has 2 aromatic heterocycles. The lowest BCUT2D eigenvalue weighted by molar-refractivity contribution is -0.122. The monoisotopic (exact) mass is 568 g/mol. The largest absolute Gasteiger partial charge is 0.476 e. The first-order valence-electron chi connectivity index (χ1n) is 15.7. The molecule has 0 bridgehead atoms. The number of rotatable bonds is 10. The zero-order chi connectivity index (χ0) is 30.2. The van der Waals surface area contributed by atoms with Crippen molar-refractivity contribution in [2.75, 3.05) is 25.5 Å². The van der Waals surface area contributed by atoms with Crippen LogP contribution in [-0.4, -0.2) is 57.9 Å². The van der Waals surface area contributed by atoms with E-state index >= 15 is 0 Å². The van der Waals surface area contributed by atoms with Crippen LogP contribution in [0.4, 0.5) is 5.82 Å². The quantitative estimate of drug-likeness (QED) is 0.231. The Kier molecular flexibility index (Phi) is 15.3. The summed E-state index contributed by atoms with van der Waals surface area (Å²) in [6, 6.07) is 2.16. The zero-order valence-corrected chi connectivity index (χ0v) is 26.6. The number of amidine groups is 1. The van der Waals surface area contributed by atoms with E-state index in [1.165, 1.54) is 6.42 Å². The number of nitrogens with one attached hydrogen (secondary N) is 1. The van der Waals surface area contributed by atoms with Gasteiger partial charge in [-0.25, -0.2) is 9.98 Å². The third-order valence-corrected chi connectivity index (χ3v) is 7.12. The summed E-state index contributed by atoms with van der Waals surface area (Å²) in [5.74, 6) is 2.88. The molecular formula is C32H52N6O3. The number of likely N-dealkylation sites (tertiary alicyclic amines) is 1. The molecule has 1 aliphatic heterocycles. The number of carbonyl (C=O) groups is 1. The van der Waals surface area contributed by atoms with Crippen LogP contribution in [0.25, 0.3) is 11.5 Å². The minimum absolute atomic E-state index is 0.230. The molecule has 4 rings (SSSR count). The minimum atomic E-state index is -0.230. The van der Waals surface area contributed by atoms with Gasteiger partial charge in [-0.15, -0.1) is 0 Å². The molecule has 1 aliphatic carbocycles. The fraction of sp³-hybridized carbons (Fsp3) is 0.656. The van der Waals surface area contributed by atoms with Crippen LogP contribution in [0.15, 0.2) is 27.9 Å². The molecule has 0 aromatic carbocycles. The second-order valence-electron chi connectivity index (χ2n) is 10.0. The van der Waals surface area contributed by atoms with Crippen molar-refractivity contribution in [2.24, 2.45) is 4.99 Å². The summed E-state index contributed by atoms with van der Waals surface area (Å²) in [6.07, 6.45) is 12.0. The van der Waals surface area contributed by atoms with Gasteiger partial charge >= 0.3 is 0 Å². The van der Waals surface area contributed by atoms with E-state index in [9.17, 15) is 4.79 Å². The van der Waals surface area contributed by atoms with Gasteiger partial charge in [0.25, 0.3) is 0 Å². The van der Waals surface area contributed by atoms with Crippen molar-refractivity contribution < 1.29 is 14.1 Å². The Morgan fingerprint density at radius 3 is 2.61 bits per heavy atom. The van der Waals surface area contributed by atoms with Gasteiger partial charge in [0.1, 0.15) is 24.0 Å². The topological polar surface area (TPSA) is 106 Å². The highest BCUT2D eigenvalue weighted by atomic mass is 16.5. The number of aliphatic imine (C=N–C) groups is 1. The standard InChI is InChI=1S/C28H40N6O3.2C2H6/c1-5-7-15-29-19(3)30-24-17-25(36-18-20-12-10-16-34(20)4)32-28(31-24)26-22(11-6-2)27(37-33-26)21-13-8-9-14-23(21)35;2*1-2/h7,15,17,20-21H,5-6,8-14,16,18H2,1-4H3,(H,29,30,31,32);2*1-2H3/b15-7-;;/t20-,21-;;/m0../s1. The lowest BCUT2D eigenvalue weighted by Gasteiger charge is -2.20. The first-order chi connectivity index (χ1) is 20.0. The van der Waals surface area contributed by atoms with E-state index < -0.39 is 0 Å². The Labute approximate surface area is 247 Å². The summed E-state index contributed by atoms with van der Waals surface area (Å²) in [5, 5.41) is 7.66. The van der Waals surface area contributed by atoms with Crippen LogP contribution in [-0.2, 0) is 11.2 Å². The summed E-state index contributed by atoms with van der Waals surface area (Å²) in [7, 11) is 2.13. The number of ketones is 1. The van der Waals surface area contributed by atoms with E-state index in [2.05, 4.69) is 41.3 Å². The maximum Gasteiger partial charge on any atom is 0.219 e. The highest BCUT2D eigenvalue weighted by Crippen LogP contribution is 2.36. The second-order valence-corrected chi connectivity index (χ2v) is 10.0. The van der Waals surface area contributed by atoms with Crippen LogP contribution in [0, 0.1) is 0 Å². The molecule has 1 saturated heterocycles. The predicted octanol–water partition coefficient (Wildman–Crippen LogP) is 7.59. The molecule has 2 aromatic rings. The number of allylic oxidation sites excluding steroid dienone is 1. The van der Waals surface area contributed by atoms with Gasteiger partial charge in [0, 0.05) is 30.3 Å². The third-order valence-electron chi connectivity index (χ3n) is 7.12. The van der Waals surface area contributed by atoms with Crippen molar-refractivity contribution >= 4 is 17.4 Å². The Hall–Kier alpha value is -3.07. The number of hydrogen-bond donors (Lipinski definition) is 1. The highest BCUT2D eigenvalue weighted by Gasteiger charge is 2.32. The zero-order valence-electron chi connectivity index (χ0n) is 26.6. The Morgan fingerprint density at radius 1 is 1.17 bits per heavy atom. The molecule has 9 nitrogen and oxygen atoms in total. The molecule has 1 saturated carbocycles. The maximum absolute atomic E-state index is 12.7. The SMILES string of the molecule is CC.CC.CC/C=C\N=C(C)Nc1cc(OC[C@@H]2CCCN2C)nc(-c2noc([C@H]3CCCCC3=O)c2CCC)n1. The van der Waals surface area contributed by atoms with E-state index in [0.29, 0.717) is 53.9 Å². The average Bonchev–Trinajstić information content (AvgIpc) is 3.60. The Balaban J connectivity index is 0.00000141. The number of anilines is 1. The molecule has 0 radical (unpaired) electrons. The van der Waals surface area contributed by atoms with Gasteiger partial charge in [-0.3, -0.25) is 4.79 Å². The third kappa shape index (κ3) is 9.76. The van der Waals surface area contributed by atoms with Crippen molar-refractivity contribution in [3.05, 3.63) is 29.7 Å². The number of Topliss-reactive ketones (excluding diaryl/α,β-unsaturated/α-hetero) is 1. The van der Waals surface area contributed by atoms with E-state index in [-0.39, 0.29) is 11.7 Å². The number of ether oxygens (including phenoxy) is 1. The minimum Gasteiger partial charge on any atom is -0.476 e. The van der Waals surface area contributed by atoms with Crippen LogP contribution in [0.1, 0.15) is 117 Å². The van der Waals surface area contributed by atoms with Gasteiger partial charge < -0.3 is 19.5 Å². The molecule has 0 unspecified atom stereocenters. The van der Waals surface area contributed by atoms with E-state index in [4.69, 9.17) is 19.2 Å². The van der Waals surface area contributed by atoms with Crippen LogP contribution in [0.3, 0.4) is 0 Å². The fourth-order valence-electron chi connectivity index (χ4n) is 5.05. The lowest BCUT2D eigenvalue weighted by atomic mass is 9.84. The van der Waals surface area contributed by atoms with Crippen molar-refractivity contribution in [1.82, 2.24) is 20.0 Å². The fourth-order valence-corrected chi connectivity index (χ4v) is 5.05. The van der Waals surface area contributed by atoms with Gasteiger partial charge in [0.2, 0.25) is 5.88 Å². The molecule has 41 heavy (non-hydrogen) atoms. The van der Waals surface area contributed by atoms with Crippen molar-refractivity contribution in [3.8, 4) is 17.4 Å².